The molecule has 1 unspecified atom stereocenters. The Balaban J connectivity index is 1.77. The number of carbonyl (C=O) groups is 2. The first-order chi connectivity index (χ1) is 12.0. The Labute approximate surface area is 147 Å². The van der Waals surface area contributed by atoms with Gasteiger partial charge in [-0.05, 0) is 13.5 Å². The maximum atomic E-state index is 11.8. The summed E-state index contributed by atoms with van der Waals surface area (Å²) in [7, 11) is 0. The number of nitrogens with zero attached hydrogens (tertiary/aromatic N) is 3. The molecule has 0 bridgehead atoms. The molecule has 0 spiro atoms. The lowest BCUT2D eigenvalue weighted by molar-refractivity contribution is -0.120. The number of imide groups is 1. The second kappa shape index (κ2) is 7.26. The highest BCUT2D eigenvalue weighted by molar-refractivity contribution is 6.04. The number of hydrogen-bond donors (Lipinski definition) is 2. The second-order valence-corrected chi connectivity index (χ2v) is 6.29. The number of carbonyl (C=O) groups excluding carboxylic acids is 2. The van der Waals surface area contributed by atoms with Crippen LogP contribution in [0.2, 0.25) is 0 Å². The van der Waals surface area contributed by atoms with Gasteiger partial charge in [-0.15, -0.1) is 0 Å². The number of nitrogens with one attached hydrogen (secondary N) is 2. The minimum absolute atomic E-state index is 0.399. The van der Waals surface area contributed by atoms with E-state index in [1.165, 1.54) is 0 Å². The van der Waals surface area contributed by atoms with Crippen molar-refractivity contribution >= 4 is 23.5 Å². The Morgan fingerprint density at radius 2 is 2.00 bits per heavy atom. The van der Waals surface area contributed by atoms with Gasteiger partial charge in [0.1, 0.15) is 23.0 Å². The lowest BCUT2D eigenvalue weighted by Gasteiger charge is -2.35. The molecule has 0 aromatic carbocycles. The van der Waals surface area contributed by atoms with Crippen LogP contribution in [0, 0.1) is 0 Å². The van der Waals surface area contributed by atoms with Crippen LogP contribution in [0.3, 0.4) is 0 Å². The third-order valence-electron chi connectivity index (χ3n) is 4.75. The lowest BCUT2D eigenvalue weighted by Crippen LogP contribution is -2.47. The predicted octanol–water partition coefficient (Wildman–Crippen LogP) is 1.41. The highest BCUT2D eigenvalue weighted by Gasteiger charge is 2.34. The lowest BCUT2D eigenvalue weighted by atomic mass is 10.2. The first kappa shape index (κ1) is 17.5. The first-order valence-corrected chi connectivity index (χ1v) is 8.78. The fourth-order valence-electron chi connectivity index (χ4n) is 3.18. The molecule has 1 aromatic rings. The summed E-state index contributed by atoms with van der Waals surface area (Å²) in [5.74, 6) is 1.68. The third-order valence-corrected chi connectivity index (χ3v) is 4.75. The number of rotatable bonds is 4. The Morgan fingerprint density at radius 1 is 1.28 bits per heavy atom. The maximum absolute atomic E-state index is 11.8. The van der Waals surface area contributed by atoms with Gasteiger partial charge in [0.2, 0.25) is 0 Å². The first-order valence-electron chi connectivity index (χ1n) is 8.78. The molecular formula is C17H25N5O3. The van der Waals surface area contributed by atoms with Crippen LogP contribution in [0.1, 0.15) is 38.3 Å². The van der Waals surface area contributed by atoms with Gasteiger partial charge in [0, 0.05) is 38.7 Å². The summed E-state index contributed by atoms with van der Waals surface area (Å²) < 4.78 is 5.78. The number of likely N-dealkylation sites (N-methyl/N-ethyl adjacent to an activating group) is 1. The second-order valence-electron chi connectivity index (χ2n) is 6.29. The topological polar surface area (TPSA) is 90.2 Å². The third kappa shape index (κ3) is 3.68. The van der Waals surface area contributed by atoms with Crippen molar-refractivity contribution in [1.82, 2.24) is 20.4 Å². The van der Waals surface area contributed by atoms with Crippen LogP contribution in [-0.4, -0.2) is 60.3 Å². The van der Waals surface area contributed by atoms with Gasteiger partial charge < -0.3 is 19.5 Å². The van der Waals surface area contributed by atoms with Gasteiger partial charge in [-0.2, -0.15) is 0 Å². The minimum atomic E-state index is -0.782. The monoisotopic (exact) mass is 347 g/mol. The molecule has 2 aliphatic rings. The fourth-order valence-corrected chi connectivity index (χ4v) is 3.18. The molecule has 3 amide bonds. The normalized spacial score (nSPS) is 22.3. The summed E-state index contributed by atoms with van der Waals surface area (Å²) in [6, 6.07) is 0.468. The van der Waals surface area contributed by atoms with Gasteiger partial charge in [-0.25, -0.2) is 9.79 Å². The summed E-state index contributed by atoms with van der Waals surface area (Å²) in [6.45, 7) is 11.2. The Hall–Kier alpha value is -2.35. The van der Waals surface area contributed by atoms with E-state index in [4.69, 9.17) is 9.41 Å². The van der Waals surface area contributed by atoms with E-state index in [9.17, 15) is 9.59 Å². The Morgan fingerprint density at radius 3 is 2.56 bits per heavy atom. The van der Waals surface area contributed by atoms with E-state index in [2.05, 4.69) is 27.4 Å². The van der Waals surface area contributed by atoms with Gasteiger partial charge in [0.05, 0.1) is 0 Å². The quantitative estimate of drug-likeness (QED) is 0.488. The molecule has 0 radical (unpaired) electrons. The number of urea groups is 1. The standard InChI is InChI=1S/C17H25N5O3/c1-4-13-12(10-14(25-13)15-16(23)20-17(24)19-15)18-11(3)22-8-6-21(5-2)7-9-22/h10,15H,4-9H2,1-3H3,(H2,19,20,23,24). The molecule has 0 aliphatic carbocycles. The van der Waals surface area contributed by atoms with Gasteiger partial charge in [-0.3, -0.25) is 10.1 Å². The minimum Gasteiger partial charge on any atom is -0.461 e. The van der Waals surface area contributed by atoms with Crippen LogP contribution < -0.4 is 10.6 Å². The van der Waals surface area contributed by atoms with Crippen molar-refractivity contribution in [2.24, 2.45) is 4.99 Å². The predicted molar refractivity (Wildman–Crippen MR) is 94.0 cm³/mol. The number of aliphatic imine (C=N–C) groups is 1. The van der Waals surface area contributed by atoms with Gasteiger partial charge in [0.15, 0.2) is 6.04 Å². The van der Waals surface area contributed by atoms with E-state index >= 15 is 0 Å². The highest BCUT2D eigenvalue weighted by atomic mass is 16.3. The zero-order valence-corrected chi connectivity index (χ0v) is 15.0. The zero-order valence-electron chi connectivity index (χ0n) is 15.0. The maximum Gasteiger partial charge on any atom is 0.322 e. The van der Waals surface area contributed by atoms with Crippen LogP contribution >= 0.6 is 0 Å². The summed E-state index contributed by atoms with van der Waals surface area (Å²) in [6.07, 6.45) is 0.665. The molecule has 2 saturated heterocycles. The van der Waals surface area contributed by atoms with E-state index < -0.39 is 18.0 Å². The largest absolute Gasteiger partial charge is 0.461 e. The van der Waals surface area contributed by atoms with Crippen molar-refractivity contribution in [2.45, 2.75) is 33.2 Å². The number of amides is 3. The molecule has 8 heteroatoms. The number of hydrogen-bond acceptors (Lipinski definition) is 5. The molecule has 8 nitrogen and oxygen atoms in total. The zero-order chi connectivity index (χ0) is 18.0. The molecule has 2 aliphatic heterocycles. The average molecular weight is 347 g/mol. The van der Waals surface area contributed by atoms with Gasteiger partial charge >= 0.3 is 6.03 Å². The molecule has 136 valence electrons. The Kier molecular flexibility index (Phi) is 5.08. The van der Waals surface area contributed by atoms with Crippen molar-refractivity contribution in [3.05, 3.63) is 17.6 Å². The summed E-state index contributed by atoms with van der Waals surface area (Å²) in [5, 5.41) is 4.77. The molecule has 3 heterocycles. The molecule has 25 heavy (non-hydrogen) atoms. The highest BCUT2D eigenvalue weighted by Crippen LogP contribution is 2.30. The molecule has 1 aromatic heterocycles. The van der Waals surface area contributed by atoms with E-state index in [-0.39, 0.29) is 0 Å². The van der Waals surface area contributed by atoms with E-state index in [1.807, 2.05) is 13.8 Å². The van der Waals surface area contributed by atoms with Crippen molar-refractivity contribution in [3.8, 4) is 0 Å². The summed E-state index contributed by atoms with van der Waals surface area (Å²) in [5.41, 5.74) is 0.724. The van der Waals surface area contributed by atoms with Crippen LogP contribution in [0.25, 0.3) is 0 Å². The van der Waals surface area contributed by atoms with Crippen molar-refractivity contribution in [1.29, 1.82) is 0 Å². The number of aryl methyl sites for hydroxylation is 1. The van der Waals surface area contributed by atoms with Crippen LogP contribution in [-0.2, 0) is 11.2 Å². The number of piperazine rings is 1. The summed E-state index contributed by atoms with van der Waals surface area (Å²) >= 11 is 0. The molecule has 2 N–H and O–H groups in total. The van der Waals surface area contributed by atoms with Crippen LogP contribution in [0.15, 0.2) is 15.5 Å². The van der Waals surface area contributed by atoms with Crippen molar-refractivity contribution in [2.75, 3.05) is 32.7 Å². The molecule has 3 rings (SSSR count). The van der Waals surface area contributed by atoms with Crippen LogP contribution in [0.4, 0.5) is 10.5 Å². The number of amidine groups is 1. The van der Waals surface area contributed by atoms with Crippen molar-refractivity contribution < 1.29 is 14.0 Å². The Bertz CT molecular complexity index is 688. The molecule has 2 fully saturated rings. The molecule has 0 saturated carbocycles. The number of furan rings is 1. The van der Waals surface area contributed by atoms with E-state index in [0.29, 0.717) is 12.2 Å². The smallest absolute Gasteiger partial charge is 0.322 e. The van der Waals surface area contributed by atoms with Gasteiger partial charge in [-0.1, -0.05) is 13.8 Å². The van der Waals surface area contributed by atoms with E-state index in [1.54, 1.807) is 6.07 Å². The van der Waals surface area contributed by atoms with Crippen molar-refractivity contribution in [3.63, 3.8) is 0 Å². The molecule has 1 atom stereocenters. The van der Waals surface area contributed by atoms with Gasteiger partial charge in [0.25, 0.3) is 5.91 Å². The van der Waals surface area contributed by atoms with Crippen LogP contribution in [0.5, 0.6) is 0 Å². The molecular weight excluding hydrogens is 322 g/mol. The van der Waals surface area contributed by atoms with E-state index in [0.717, 1.165) is 50.0 Å². The SMILES string of the molecule is CCc1oc(C2NC(=O)NC2=O)cc1N=C(C)N1CCN(CC)CC1. The summed E-state index contributed by atoms with van der Waals surface area (Å²) in [4.78, 5) is 32.5. The fraction of sp³-hybridized carbons (Fsp3) is 0.588. The average Bonchev–Trinajstić information content (AvgIpc) is 3.17.